The molecule has 0 saturated carbocycles. The van der Waals surface area contributed by atoms with Gasteiger partial charge in [0.15, 0.2) is 9.84 Å². The van der Waals surface area contributed by atoms with Gasteiger partial charge in [-0.15, -0.1) is 0 Å². The predicted molar refractivity (Wildman–Crippen MR) is 519 cm³/mol. The Morgan fingerprint density at radius 2 is 0.642 bits per heavy atom. The molecule has 1 fully saturated rings. The molecule has 64 heteroatoms. The van der Waals surface area contributed by atoms with E-state index in [0.29, 0.717) is 36.3 Å². The van der Waals surface area contributed by atoms with Gasteiger partial charge in [-0.05, 0) is 63.9 Å². The van der Waals surface area contributed by atoms with Crippen LogP contribution in [0.3, 0.4) is 0 Å². The molecular formula is C84H119N5O50S9. The number of nitrogens with zero attached hydrogens (tertiary/aromatic N) is 5. The van der Waals surface area contributed by atoms with Crippen molar-refractivity contribution in [3.63, 3.8) is 0 Å². The maximum Gasteiger partial charge on any atom is 0.331 e. The zero-order valence-electron chi connectivity index (χ0n) is 83.2. The number of carbonyl (C=O) groups is 17. The van der Waals surface area contributed by atoms with E-state index < -0.39 is 205 Å². The summed E-state index contributed by atoms with van der Waals surface area (Å²) < 4.78 is 268. The first-order valence-electron chi connectivity index (χ1n) is 41.5. The van der Waals surface area contributed by atoms with E-state index in [2.05, 4.69) is 56.8 Å². The summed E-state index contributed by atoms with van der Waals surface area (Å²) in [7, 11) is -16.5. The maximum atomic E-state index is 12.2. The number of sulfone groups is 3. The highest BCUT2D eigenvalue weighted by molar-refractivity contribution is 8.03. The van der Waals surface area contributed by atoms with Crippen molar-refractivity contribution in [1.29, 1.82) is 0 Å². The second-order valence-electron chi connectivity index (χ2n) is 28.0. The van der Waals surface area contributed by atoms with Gasteiger partial charge in [-0.1, -0.05) is 33.5 Å². The molecule has 0 bridgehead atoms. The Morgan fingerprint density at radius 3 is 0.919 bits per heavy atom. The van der Waals surface area contributed by atoms with Gasteiger partial charge in [0.05, 0.1) is 153 Å². The van der Waals surface area contributed by atoms with E-state index in [0.717, 1.165) is 140 Å². The third-order valence-electron chi connectivity index (χ3n) is 16.2. The first-order valence-corrected chi connectivity index (χ1v) is 57.3. The molecule has 834 valence electrons. The first-order chi connectivity index (χ1) is 68.6. The molecule has 0 aromatic heterocycles. The number of carbonyl (C=O) groups excluding carboxylic acids is 17. The fourth-order valence-corrected chi connectivity index (χ4v) is 18.0. The SMILES string of the molecule is COC(=O)/C=C/C(=O)OCCCS(=O)(=O)c1ccc(C)cc1.COC(=O)/C=C/C(=O)OCCCS(C)(=O)=O.COC(=O)/C=C/C(=O)OCCCS(C)(=O)=O.COC(=O)/C=C/C(=O)OCCN(C)S(C)(=O)=O.COC(=O)/C=C/C(=O)OCCN(C)S(C)=O.COC(=O)/C=C/C(=O)OCCN(S(C)(=O)=O)S(C)(=O)=O.COC(=O)/C=C/C(=O)OCCN1C(=O)c2ccccc2S1(=O)=O.COC(=O)/C=C/C(=O)OCCN1CCCS1(=O)=O. The van der Waals surface area contributed by atoms with Crippen molar-refractivity contribution in [2.45, 2.75) is 42.4 Å². The van der Waals surface area contributed by atoms with Crippen molar-refractivity contribution in [2.75, 3.05) is 224 Å². The van der Waals surface area contributed by atoms with Crippen LogP contribution in [0.15, 0.2) is 156 Å². The summed E-state index contributed by atoms with van der Waals surface area (Å²) in [5.74, 6) is -12.2. The van der Waals surface area contributed by atoms with Crippen LogP contribution < -0.4 is 0 Å². The largest absolute Gasteiger partial charge is 0.466 e. The number of esters is 16. The van der Waals surface area contributed by atoms with Crippen LogP contribution in [0.1, 0.15) is 41.6 Å². The van der Waals surface area contributed by atoms with E-state index in [4.69, 9.17) is 18.9 Å². The van der Waals surface area contributed by atoms with Gasteiger partial charge in [0.1, 0.15) is 57.6 Å². The minimum absolute atomic E-state index is 0.00256. The number of ether oxygens (including phenoxy) is 16. The smallest absolute Gasteiger partial charge is 0.331 e. The lowest BCUT2D eigenvalue weighted by molar-refractivity contribution is -0.139. The molecular weight excluding hydrogens is 2170 g/mol. The number of likely N-dealkylation sites (N-methyl/N-ethyl adjacent to an activating group) is 2. The summed E-state index contributed by atoms with van der Waals surface area (Å²) in [6, 6.07) is 12.4. The summed E-state index contributed by atoms with van der Waals surface area (Å²) >= 11 is 0. The molecule has 0 aliphatic carbocycles. The van der Waals surface area contributed by atoms with Crippen LogP contribution in [-0.2, 0) is 243 Å². The first kappa shape index (κ1) is 141. The molecule has 2 aliphatic heterocycles. The molecule has 1 atom stereocenters. The van der Waals surface area contributed by atoms with Gasteiger partial charge in [0, 0.05) is 149 Å². The summed E-state index contributed by atoms with van der Waals surface area (Å²) in [6.45, 7) is 1.15. The van der Waals surface area contributed by atoms with Gasteiger partial charge in [0.25, 0.3) is 15.9 Å². The Hall–Kier alpha value is -13.1. The lowest BCUT2D eigenvalue weighted by Gasteiger charge is -2.16. The lowest BCUT2D eigenvalue weighted by atomic mass is 10.2. The predicted octanol–water partition coefficient (Wildman–Crippen LogP) is -2.67. The Morgan fingerprint density at radius 1 is 0.365 bits per heavy atom. The normalized spacial score (nSPS) is 13.3. The third-order valence-corrected chi connectivity index (χ3v) is 29.8. The van der Waals surface area contributed by atoms with Crippen molar-refractivity contribution < 1.29 is 229 Å². The quantitative estimate of drug-likeness (QED) is 0.0282. The molecule has 148 heavy (non-hydrogen) atoms. The molecule has 2 aromatic rings. The fraction of sp³-hybridized carbons (Fsp3) is 0.464. The van der Waals surface area contributed by atoms with E-state index >= 15 is 0 Å². The van der Waals surface area contributed by atoms with Crippen LogP contribution in [0.5, 0.6) is 0 Å². The van der Waals surface area contributed by atoms with E-state index in [-0.39, 0.29) is 127 Å². The van der Waals surface area contributed by atoms with E-state index in [1.54, 1.807) is 37.4 Å². The van der Waals surface area contributed by atoms with E-state index in [1.165, 1.54) is 82.8 Å². The summed E-state index contributed by atoms with van der Waals surface area (Å²) in [4.78, 5) is 186. The number of hydrogen-bond donors (Lipinski definition) is 0. The van der Waals surface area contributed by atoms with Gasteiger partial charge >= 0.3 is 95.5 Å². The van der Waals surface area contributed by atoms with Crippen molar-refractivity contribution in [3.05, 3.63) is 157 Å². The molecule has 55 nitrogen and oxygen atoms in total. The monoisotopic (exact) mass is 2290 g/mol. The molecule has 4 rings (SSSR count). The van der Waals surface area contributed by atoms with Crippen molar-refractivity contribution >= 4 is 192 Å². The molecule has 2 aromatic carbocycles. The zero-order chi connectivity index (χ0) is 114. The number of amides is 1. The standard InChI is InChI=1S/C15H18O6S.C14H13NO7S.C10H15NO6S.C9H15NO8S2.C9H15NO6S.C9H15NO5S.2C9H14O6S/c1-12-4-6-13(7-5-12)22(18,19)11-3-10-21-15(17)9-8-14(16)20-2;1-21-12(16)6-7-13(17)22-9-8-15-14(18)10-4-2-3-5-11(10)23(15,19)20;1-16-9(12)3-4-10(13)17-7-6-11-5-2-8-18(11,14)15;1-17-8(11)4-5-9(12)18-7-6-10(19(2,13)14)20(3,15)16;1-10(17(3,13)14)6-7-16-9(12)5-4-8(11)15-2;1-10(16(3)13)6-7-15-9(12)5-4-8(11)14-2;2*1-14-8(10)4-5-9(11)15-6-3-7-16(2,12)13/h4-9H,3,10-11H2,1-2H3;2-7H,8-9H2,1H3;3-4H,2,5-8H2,1H3;4-5H,6-7H2,1-3H3;4-5H,6-7H2,1-3H3;4-5H,6-7H2,1-3H3;2*4-5H,3,6-7H2,1-2H3/b9-8+;7-6+;4-3+;5*5-4+. The van der Waals surface area contributed by atoms with Crippen LogP contribution in [0.2, 0.25) is 0 Å². The Kier molecular flexibility index (Phi) is 71.3. The average Bonchev–Trinajstić information content (AvgIpc) is 1.60. The number of aryl methyl sites for hydroxylation is 1. The van der Waals surface area contributed by atoms with E-state index in [1.807, 2.05) is 6.92 Å². The molecule has 0 spiro atoms. The van der Waals surface area contributed by atoms with Crippen LogP contribution >= 0.6 is 0 Å². The fourth-order valence-electron chi connectivity index (χ4n) is 8.80. The van der Waals surface area contributed by atoms with Gasteiger partial charge in [-0.3, -0.25) is 4.79 Å². The number of benzene rings is 2. The summed E-state index contributed by atoms with van der Waals surface area (Å²) in [5.41, 5.74) is 1.06. The highest BCUT2D eigenvalue weighted by Gasteiger charge is 2.41. The highest BCUT2D eigenvalue weighted by Crippen LogP contribution is 2.29. The Balaban J connectivity index is -0.000000804. The second-order valence-corrected chi connectivity index (χ2v) is 46.1. The molecule has 2 heterocycles. The zero-order valence-corrected chi connectivity index (χ0v) is 90.6. The van der Waals surface area contributed by atoms with Crippen molar-refractivity contribution in [3.8, 4) is 0 Å². The number of methoxy groups -OCH3 is 8. The average molecular weight is 2290 g/mol. The number of fused-ring (bicyclic) bond motifs is 1. The molecule has 0 radical (unpaired) electrons. The van der Waals surface area contributed by atoms with Gasteiger partial charge in [0.2, 0.25) is 40.1 Å². The minimum Gasteiger partial charge on any atom is -0.466 e. The van der Waals surface area contributed by atoms with Crippen LogP contribution in [0, 0.1) is 6.92 Å². The Bertz CT molecular complexity index is 5940. The molecule has 1 unspecified atom stereocenters. The van der Waals surface area contributed by atoms with Crippen molar-refractivity contribution in [1.82, 2.24) is 20.9 Å². The molecule has 1 saturated heterocycles. The van der Waals surface area contributed by atoms with Crippen LogP contribution in [0.4, 0.5) is 0 Å². The third kappa shape index (κ3) is 72.3. The van der Waals surface area contributed by atoms with Gasteiger partial charge in [-0.2, -0.15) is 4.31 Å². The second kappa shape index (κ2) is 74.8. The number of hydrogen-bond acceptors (Lipinski definition) is 50. The minimum atomic E-state index is -3.99. The Labute approximate surface area is 859 Å². The summed E-state index contributed by atoms with van der Waals surface area (Å²) in [5, 5.41) is 0. The molecule has 0 N–H and O–H groups in total. The number of sulfonamides is 5. The van der Waals surface area contributed by atoms with Gasteiger partial charge < -0.3 is 75.8 Å². The summed E-state index contributed by atoms with van der Waals surface area (Å²) in [6.07, 6.45) is 22.0. The van der Waals surface area contributed by atoms with Crippen molar-refractivity contribution in [2.24, 2.45) is 0 Å². The highest BCUT2D eigenvalue weighted by atomic mass is 32.3. The lowest BCUT2D eigenvalue weighted by Crippen LogP contribution is -2.38. The van der Waals surface area contributed by atoms with Crippen LogP contribution in [-0.4, -0.2) is 418 Å². The molecule has 2 aliphatic rings. The van der Waals surface area contributed by atoms with E-state index in [9.17, 15) is 153 Å². The maximum absolute atomic E-state index is 12.2. The van der Waals surface area contributed by atoms with Gasteiger partial charge in [-0.25, -0.2) is 161 Å². The topological polar surface area (TPSA) is 744 Å². The van der Waals surface area contributed by atoms with Crippen LogP contribution in [0.25, 0.3) is 0 Å². The number of rotatable bonds is 48. The molecule has 1 amide bonds.